The lowest BCUT2D eigenvalue weighted by Gasteiger charge is -2.09. The Morgan fingerprint density at radius 1 is 1.16 bits per heavy atom. The molecule has 0 fully saturated rings. The van der Waals surface area contributed by atoms with Crippen LogP contribution in [0.15, 0.2) is 54.9 Å². The molecular formula is C23H20FN3O3S. The second-order valence-corrected chi connectivity index (χ2v) is 8.07. The first-order chi connectivity index (χ1) is 14.9. The number of amides is 1. The summed E-state index contributed by atoms with van der Waals surface area (Å²) in [5.41, 5.74) is 2.91. The zero-order valence-corrected chi connectivity index (χ0v) is 17.8. The molecule has 6 nitrogen and oxygen atoms in total. The van der Waals surface area contributed by atoms with Crippen LogP contribution >= 0.6 is 11.3 Å². The number of pyridine rings is 1. The molecule has 0 aliphatic rings. The smallest absolute Gasteiger partial charge is 0.351 e. The molecule has 1 aromatic carbocycles. The van der Waals surface area contributed by atoms with Gasteiger partial charge in [-0.1, -0.05) is 18.2 Å². The first-order valence-electron chi connectivity index (χ1n) is 9.65. The summed E-state index contributed by atoms with van der Waals surface area (Å²) in [6.07, 6.45) is 3.69. The van der Waals surface area contributed by atoms with Crippen LogP contribution in [0.3, 0.4) is 0 Å². The summed E-state index contributed by atoms with van der Waals surface area (Å²) in [6, 6.07) is 11.9. The minimum atomic E-state index is -0.607. The van der Waals surface area contributed by atoms with E-state index < -0.39 is 24.3 Å². The van der Waals surface area contributed by atoms with Crippen molar-refractivity contribution in [1.82, 2.24) is 14.9 Å². The van der Waals surface area contributed by atoms with E-state index in [4.69, 9.17) is 4.74 Å². The van der Waals surface area contributed by atoms with Crippen molar-refractivity contribution in [1.29, 1.82) is 0 Å². The minimum absolute atomic E-state index is 0.0168. The average Bonchev–Trinajstić information content (AvgIpc) is 3.39. The van der Waals surface area contributed by atoms with Gasteiger partial charge in [0, 0.05) is 35.6 Å². The van der Waals surface area contributed by atoms with Gasteiger partial charge in [0.05, 0.1) is 5.69 Å². The number of carbonyl (C=O) groups excluding carboxylic acids is 2. The molecule has 1 amide bonds. The van der Waals surface area contributed by atoms with Gasteiger partial charge in [-0.3, -0.25) is 4.79 Å². The summed E-state index contributed by atoms with van der Waals surface area (Å²) in [6.45, 7) is 3.43. The van der Waals surface area contributed by atoms with Gasteiger partial charge in [0.1, 0.15) is 15.5 Å². The van der Waals surface area contributed by atoms with Crippen molar-refractivity contribution >= 4 is 33.4 Å². The van der Waals surface area contributed by atoms with E-state index in [1.807, 2.05) is 49.0 Å². The van der Waals surface area contributed by atoms with Crippen LogP contribution in [0.2, 0.25) is 0 Å². The zero-order chi connectivity index (χ0) is 22.0. The maximum Gasteiger partial charge on any atom is 0.351 e. The van der Waals surface area contributed by atoms with Crippen LogP contribution in [-0.4, -0.2) is 28.0 Å². The lowest BCUT2D eigenvalue weighted by atomic mass is 10.1. The Morgan fingerprint density at radius 3 is 2.65 bits per heavy atom. The zero-order valence-electron chi connectivity index (χ0n) is 17.0. The standard InChI is InChI=1S/C23H20FN3O3S/c1-14-11-15(2)26-22-19(14)20(27-9-5-6-10-27)21(31-22)23(29)30-13-18(28)25-12-16-7-3-4-8-17(16)24/h3-11H,12-13H2,1-2H3,(H,25,28). The van der Waals surface area contributed by atoms with E-state index >= 15 is 0 Å². The number of hydrogen-bond donors (Lipinski definition) is 1. The Bertz CT molecular complexity index is 1260. The lowest BCUT2D eigenvalue weighted by molar-refractivity contribution is -0.124. The van der Waals surface area contributed by atoms with E-state index in [9.17, 15) is 14.0 Å². The molecule has 158 valence electrons. The van der Waals surface area contributed by atoms with E-state index in [2.05, 4.69) is 10.3 Å². The van der Waals surface area contributed by atoms with Crippen LogP contribution in [0.4, 0.5) is 4.39 Å². The van der Waals surface area contributed by atoms with Gasteiger partial charge >= 0.3 is 5.97 Å². The van der Waals surface area contributed by atoms with Crippen molar-refractivity contribution < 1.29 is 18.7 Å². The molecule has 0 saturated carbocycles. The molecular weight excluding hydrogens is 417 g/mol. The third kappa shape index (κ3) is 4.34. The van der Waals surface area contributed by atoms with Crippen LogP contribution in [-0.2, 0) is 16.1 Å². The van der Waals surface area contributed by atoms with Crippen LogP contribution < -0.4 is 5.32 Å². The fraction of sp³-hybridized carbons (Fsp3) is 0.174. The Hall–Kier alpha value is -3.52. The van der Waals surface area contributed by atoms with Gasteiger partial charge < -0.3 is 14.6 Å². The fourth-order valence-electron chi connectivity index (χ4n) is 3.37. The highest BCUT2D eigenvalue weighted by atomic mass is 32.1. The van der Waals surface area contributed by atoms with E-state index in [0.717, 1.165) is 21.5 Å². The van der Waals surface area contributed by atoms with Crippen LogP contribution in [0.1, 0.15) is 26.5 Å². The van der Waals surface area contributed by atoms with Crippen molar-refractivity contribution in [3.05, 3.63) is 82.4 Å². The Morgan fingerprint density at radius 2 is 1.90 bits per heavy atom. The maximum atomic E-state index is 13.7. The number of nitrogens with one attached hydrogen (secondary N) is 1. The fourth-order valence-corrected chi connectivity index (χ4v) is 4.56. The molecule has 0 atom stereocenters. The number of nitrogens with zero attached hydrogens (tertiary/aromatic N) is 2. The van der Waals surface area contributed by atoms with E-state index in [1.165, 1.54) is 17.4 Å². The molecule has 0 spiro atoms. The van der Waals surface area contributed by atoms with Crippen LogP contribution in [0.25, 0.3) is 15.9 Å². The molecule has 1 N–H and O–H groups in total. The largest absolute Gasteiger partial charge is 0.451 e. The van der Waals surface area contributed by atoms with Gasteiger partial charge in [-0.2, -0.15) is 0 Å². The van der Waals surface area contributed by atoms with Gasteiger partial charge in [0.15, 0.2) is 6.61 Å². The van der Waals surface area contributed by atoms with Gasteiger partial charge in [0.2, 0.25) is 0 Å². The summed E-state index contributed by atoms with van der Waals surface area (Å²) in [4.78, 5) is 30.7. The summed E-state index contributed by atoms with van der Waals surface area (Å²) in [7, 11) is 0. The van der Waals surface area contributed by atoms with Gasteiger partial charge in [0.25, 0.3) is 5.91 Å². The number of aromatic nitrogens is 2. The summed E-state index contributed by atoms with van der Waals surface area (Å²) >= 11 is 1.23. The normalized spacial score (nSPS) is 10.9. The third-order valence-corrected chi connectivity index (χ3v) is 5.83. The number of benzene rings is 1. The number of fused-ring (bicyclic) bond motifs is 1. The highest BCUT2D eigenvalue weighted by Crippen LogP contribution is 2.36. The molecule has 3 heterocycles. The maximum absolute atomic E-state index is 13.7. The highest BCUT2D eigenvalue weighted by Gasteiger charge is 2.24. The molecule has 3 aromatic heterocycles. The molecule has 8 heteroatoms. The number of halogens is 1. The van der Waals surface area contributed by atoms with E-state index in [0.29, 0.717) is 16.1 Å². The average molecular weight is 437 g/mol. The molecule has 0 unspecified atom stereocenters. The quantitative estimate of drug-likeness (QED) is 0.456. The highest BCUT2D eigenvalue weighted by molar-refractivity contribution is 7.21. The Balaban J connectivity index is 1.53. The molecule has 0 aliphatic heterocycles. The van der Waals surface area contributed by atoms with Gasteiger partial charge in [-0.05, 0) is 43.7 Å². The SMILES string of the molecule is Cc1cc(C)c2c(-n3cccc3)c(C(=O)OCC(=O)NCc3ccccc3F)sc2n1. The Kier molecular flexibility index (Phi) is 5.81. The molecule has 4 rings (SSSR count). The number of esters is 1. The third-order valence-electron chi connectivity index (χ3n) is 4.78. The monoisotopic (exact) mass is 437 g/mol. The van der Waals surface area contributed by atoms with Crippen LogP contribution in [0, 0.1) is 19.7 Å². The second-order valence-electron chi connectivity index (χ2n) is 7.08. The number of ether oxygens (including phenoxy) is 1. The summed E-state index contributed by atoms with van der Waals surface area (Å²) in [5, 5.41) is 3.44. The van der Waals surface area contributed by atoms with Gasteiger partial charge in [-0.25, -0.2) is 14.2 Å². The first-order valence-corrected chi connectivity index (χ1v) is 10.5. The molecule has 31 heavy (non-hydrogen) atoms. The molecule has 0 saturated heterocycles. The lowest BCUT2D eigenvalue weighted by Crippen LogP contribution is -2.28. The Labute approximate surface area is 182 Å². The number of thiophene rings is 1. The number of carbonyl (C=O) groups is 2. The topological polar surface area (TPSA) is 73.2 Å². The summed E-state index contributed by atoms with van der Waals surface area (Å²) in [5.74, 6) is -1.52. The molecule has 0 bridgehead atoms. The van der Waals surface area contributed by atoms with E-state index in [1.54, 1.807) is 18.2 Å². The predicted molar refractivity (Wildman–Crippen MR) is 117 cm³/mol. The molecule has 0 radical (unpaired) electrons. The first kappa shape index (κ1) is 20.7. The number of rotatable bonds is 6. The van der Waals surface area contributed by atoms with Gasteiger partial charge in [-0.15, -0.1) is 11.3 Å². The second kappa shape index (κ2) is 8.69. The van der Waals surface area contributed by atoms with Crippen molar-refractivity contribution in [2.45, 2.75) is 20.4 Å². The number of hydrogen-bond acceptors (Lipinski definition) is 5. The van der Waals surface area contributed by atoms with Crippen molar-refractivity contribution in [3.8, 4) is 5.69 Å². The van der Waals surface area contributed by atoms with Crippen LogP contribution in [0.5, 0.6) is 0 Å². The van der Waals surface area contributed by atoms with Crippen molar-refractivity contribution in [2.75, 3.05) is 6.61 Å². The minimum Gasteiger partial charge on any atom is -0.451 e. The molecule has 0 aliphatic carbocycles. The van der Waals surface area contributed by atoms with E-state index in [-0.39, 0.29) is 6.54 Å². The number of aryl methyl sites for hydroxylation is 2. The predicted octanol–water partition coefficient (Wildman–Crippen LogP) is 4.32. The molecule has 4 aromatic rings. The van der Waals surface area contributed by atoms with Crippen molar-refractivity contribution in [2.24, 2.45) is 0 Å². The van der Waals surface area contributed by atoms with Crippen molar-refractivity contribution in [3.63, 3.8) is 0 Å². The summed E-state index contributed by atoms with van der Waals surface area (Å²) < 4.78 is 20.8.